The van der Waals surface area contributed by atoms with Gasteiger partial charge in [0, 0.05) is 29.4 Å². The van der Waals surface area contributed by atoms with Gasteiger partial charge in [-0.2, -0.15) is 0 Å². The highest BCUT2D eigenvalue weighted by atomic mass is 32.1. The third kappa shape index (κ3) is 3.08. The number of benzene rings is 1. The van der Waals surface area contributed by atoms with Crippen molar-refractivity contribution in [3.63, 3.8) is 0 Å². The van der Waals surface area contributed by atoms with Crippen molar-refractivity contribution >= 4 is 22.2 Å². The fourth-order valence-electron chi connectivity index (χ4n) is 2.54. The molecule has 3 aromatic rings. The number of fused-ring (bicyclic) bond motifs is 1. The minimum absolute atomic E-state index is 0.000799. The number of nitrogens with zero attached hydrogens (tertiary/aromatic N) is 2. The van der Waals surface area contributed by atoms with Crippen LogP contribution in [0.15, 0.2) is 34.6 Å². The molecule has 1 N–H and O–H groups in total. The molecule has 7 nitrogen and oxygen atoms in total. The van der Waals surface area contributed by atoms with E-state index in [9.17, 15) is 9.59 Å². The van der Waals surface area contributed by atoms with Gasteiger partial charge in [0.2, 0.25) is 0 Å². The predicted molar refractivity (Wildman–Crippen MR) is 94.8 cm³/mol. The maximum atomic E-state index is 12.5. The van der Waals surface area contributed by atoms with E-state index in [0.717, 1.165) is 11.3 Å². The minimum Gasteiger partial charge on any atom is -0.493 e. The first-order valence-electron chi connectivity index (χ1n) is 7.50. The van der Waals surface area contributed by atoms with Crippen LogP contribution in [0.2, 0.25) is 0 Å². The van der Waals surface area contributed by atoms with Gasteiger partial charge in [-0.15, -0.1) is 11.3 Å². The quantitative estimate of drug-likeness (QED) is 0.754. The van der Waals surface area contributed by atoms with Crippen molar-refractivity contribution in [1.82, 2.24) is 14.7 Å². The Bertz CT molecular complexity index is 993. The molecule has 0 bridgehead atoms. The van der Waals surface area contributed by atoms with E-state index in [1.165, 1.54) is 29.0 Å². The van der Waals surface area contributed by atoms with Gasteiger partial charge in [0.1, 0.15) is 5.56 Å². The van der Waals surface area contributed by atoms with Gasteiger partial charge in [-0.1, -0.05) is 12.1 Å². The lowest BCUT2D eigenvalue weighted by molar-refractivity contribution is 0.0948. The van der Waals surface area contributed by atoms with Crippen LogP contribution in [0.1, 0.15) is 21.6 Å². The fraction of sp³-hybridized carbons (Fsp3) is 0.235. The first-order valence-corrected chi connectivity index (χ1v) is 8.38. The molecule has 2 heterocycles. The molecule has 0 saturated carbocycles. The van der Waals surface area contributed by atoms with E-state index in [-0.39, 0.29) is 17.7 Å². The number of carbonyl (C=O) groups is 1. The summed E-state index contributed by atoms with van der Waals surface area (Å²) in [6, 6.07) is 5.40. The van der Waals surface area contributed by atoms with Crippen molar-refractivity contribution in [2.75, 3.05) is 14.2 Å². The maximum Gasteiger partial charge on any atom is 0.271 e. The molecule has 0 atom stereocenters. The molecule has 130 valence electrons. The third-order valence-electron chi connectivity index (χ3n) is 3.78. The molecule has 0 unspecified atom stereocenters. The van der Waals surface area contributed by atoms with E-state index in [1.54, 1.807) is 26.2 Å². The Morgan fingerprint density at radius 2 is 2.12 bits per heavy atom. The van der Waals surface area contributed by atoms with Crippen LogP contribution in [0.4, 0.5) is 0 Å². The van der Waals surface area contributed by atoms with E-state index >= 15 is 0 Å². The van der Waals surface area contributed by atoms with Crippen LogP contribution in [-0.2, 0) is 6.54 Å². The number of hydrogen-bond donors (Lipinski definition) is 1. The summed E-state index contributed by atoms with van der Waals surface area (Å²) in [5, 5.41) is 4.56. The number of aryl methyl sites for hydroxylation is 1. The van der Waals surface area contributed by atoms with Gasteiger partial charge in [0.05, 0.1) is 14.2 Å². The molecule has 0 saturated heterocycles. The number of methoxy groups -OCH3 is 2. The Balaban J connectivity index is 1.86. The SMILES string of the molecule is COc1cccc(CNC(=O)c2cnc3scc(C)n3c2=O)c1OC. The minimum atomic E-state index is -0.484. The standard InChI is InChI=1S/C17H17N3O4S/c1-10-9-25-17-19-8-12(16(22)20(10)17)15(21)18-7-11-5-4-6-13(23-2)14(11)24-3/h4-6,8-9H,7H2,1-3H3,(H,18,21). The summed E-state index contributed by atoms with van der Waals surface area (Å²) in [5.74, 6) is 0.637. The number of rotatable bonds is 5. The lowest BCUT2D eigenvalue weighted by Gasteiger charge is -2.13. The predicted octanol–water partition coefficient (Wildman–Crippen LogP) is 2.01. The fourth-order valence-corrected chi connectivity index (χ4v) is 3.37. The van der Waals surface area contributed by atoms with E-state index in [1.807, 2.05) is 11.4 Å². The number of nitrogens with one attached hydrogen (secondary N) is 1. The summed E-state index contributed by atoms with van der Waals surface area (Å²) in [5.41, 5.74) is 1.12. The average Bonchev–Trinajstić information content (AvgIpc) is 3.01. The lowest BCUT2D eigenvalue weighted by atomic mass is 10.1. The summed E-state index contributed by atoms with van der Waals surface area (Å²) in [6.45, 7) is 2.00. The highest BCUT2D eigenvalue weighted by Crippen LogP contribution is 2.30. The third-order valence-corrected chi connectivity index (χ3v) is 4.74. The van der Waals surface area contributed by atoms with Gasteiger partial charge in [0.25, 0.3) is 11.5 Å². The molecule has 0 aliphatic rings. The molecule has 25 heavy (non-hydrogen) atoms. The molecule has 0 fully saturated rings. The van der Waals surface area contributed by atoms with Crippen molar-refractivity contribution in [2.45, 2.75) is 13.5 Å². The Hall–Kier alpha value is -2.87. The zero-order valence-corrected chi connectivity index (χ0v) is 14.8. The summed E-state index contributed by atoms with van der Waals surface area (Å²) < 4.78 is 12.0. The van der Waals surface area contributed by atoms with E-state index in [0.29, 0.717) is 16.5 Å². The molecule has 0 radical (unpaired) electrons. The number of thiazole rings is 1. The Morgan fingerprint density at radius 1 is 1.32 bits per heavy atom. The second-order valence-electron chi connectivity index (χ2n) is 5.31. The molecule has 0 spiro atoms. The van der Waals surface area contributed by atoms with Crippen molar-refractivity contribution < 1.29 is 14.3 Å². The summed E-state index contributed by atoms with van der Waals surface area (Å²) in [7, 11) is 3.08. The van der Waals surface area contributed by atoms with Crippen LogP contribution in [0, 0.1) is 6.92 Å². The van der Waals surface area contributed by atoms with Crippen molar-refractivity contribution in [3.8, 4) is 11.5 Å². The van der Waals surface area contributed by atoms with Crippen molar-refractivity contribution in [3.05, 3.63) is 57.0 Å². The zero-order chi connectivity index (χ0) is 18.0. The molecular weight excluding hydrogens is 342 g/mol. The summed E-state index contributed by atoms with van der Waals surface area (Å²) in [6.07, 6.45) is 1.31. The summed E-state index contributed by atoms with van der Waals surface area (Å²) in [4.78, 5) is 29.7. The van der Waals surface area contributed by atoms with Crippen LogP contribution in [0.3, 0.4) is 0 Å². The van der Waals surface area contributed by atoms with Gasteiger partial charge < -0.3 is 14.8 Å². The van der Waals surface area contributed by atoms with Crippen molar-refractivity contribution in [2.24, 2.45) is 0 Å². The lowest BCUT2D eigenvalue weighted by Crippen LogP contribution is -2.31. The largest absolute Gasteiger partial charge is 0.493 e. The van der Waals surface area contributed by atoms with Gasteiger partial charge >= 0.3 is 0 Å². The van der Waals surface area contributed by atoms with Gasteiger partial charge in [0.15, 0.2) is 16.5 Å². The Kier molecular flexibility index (Phi) is 4.71. The summed E-state index contributed by atoms with van der Waals surface area (Å²) >= 11 is 1.36. The average molecular weight is 359 g/mol. The first kappa shape index (κ1) is 17.0. The molecule has 0 aliphatic heterocycles. The maximum absolute atomic E-state index is 12.5. The van der Waals surface area contributed by atoms with E-state index < -0.39 is 5.91 Å². The Morgan fingerprint density at radius 3 is 2.84 bits per heavy atom. The van der Waals surface area contributed by atoms with Crippen LogP contribution < -0.4 is 20.3 Å². The molecule has 1 amide bonds. The number of ether oxygens (including phenoxy) is 2. The zero-order valence-electron chi connectivity index (χ0n) is 14.0. The normalized spacial score (nSPS) is 10.7. The molecule has 8 heteroatoms. The highest BCUT2D eigenvalue weighted by molar-refractivity contribution is 7.15. The molecule has 3 rings (SSSR count). The number of hydrogen-bond acceptors (Lipinski definition) is 6. The van der Waals surface area contributed by atoms with Crippen LogP contribution in [0.25, 0.3) is 4.96 Å². The van der Waals surface area contributed by atoms with Gasteiger partial charge in [-0.05, 0) is 13.0 Å². The number of carbonyl (C=O) groups excluding carboxylic acids is 1. The van der Waals surface area contributed by atoms with E-state index in [4.69, 9.17) is 9.47 Å². The van der Waals surface area contributed by atoms with Crippen LogP contribution >= 0.6 is 11.3 Å². The second-order valence-corrected chi connectivity index (χ2v) is 6.14. The first-order chi connectivity index (χ1) is 12.1. The smallest absolute Gasteiger partial charge is 0.271 e. The van der Waals surface area contributed by atoms with Crippen molar-refractivity contribution in [1.29, 1.82) is 0 Å². The number of amides is 1. The van der Waals surface area contributed by atoms with Crippen LogP contribution in [0.5, 0.6) is 11.5 Å². The van der Waals surface area contributed by atoms with E-state index in [2.05, 4.69) is 10.3 Å². The molecule has 0 aliphatic carbocycles. The highest BCUT2D eigenvalue weighted by Gasteiger charge is 2.16. The number of aromatic nitrogens is 2. The topological polar surface area (TPSA) is 81.9 Å². The number of para-hydroxylation sites is 1. The second kappa shape index (κ2) is 6.94. The Labute approximate surface area is 147 Å². The molecule has 2 aromatic heterocycles. The van der Waals surface area contributed by atoms with Crippen LogP contribution in [-0.4, -0.2) is 29.5 Å². The monoisotopic (exact) mass is 359 g/mol. The molecule has 1 aromatic carbocycles. The van der Waals surface area contributed by atoms with Gasteiger partial charge in [-0.25, -0.2) is 4.98 Å². The van der Waals surface area contributed by atoms with Gasteiger partial charge in [-0.3, -0.25) is 14.0 Å². The molecular formula is C17H17N3O4S.